The van der Waals surface area contributed by atoms with Crippen LogP contribution < -0.4 is 4.72 Å². The molecule has 0 aliphatic carbocycles. The summed E-state index contributed by atoms with van der Waals surface area (Å²) in [5.74, 6) is -0.340. The van der Waals surface area contributed by atoms with Crippen LogP contribution in [0.3, 0.4) is 0 Å². The van der Waals surface area contributed by atoms with Crippen molar-refractivity contribution < 1.29 is 13.2 Å². The molecule has 0 fully saturated rings. The largest absolute Gasteiger partial charge is 0.337 e. The smallest absolute Gasteiger partial charge is 0.255 e. The highest BCUT2D eigenvalue weighted by Crippen LogP contribution is 2.24. The Morgan fingerprint density at radius 1 is 1.39 bits per heavy atom. The van der Waals surface area contributed by atoms with Crippen LogP contribution in [0, 0.1) is 0 Å². The molecule has 1 aromatic carbocycles. The molecule has 0 radical (unpaired) electrons. The Morgan fingerprint density at radius 2 is 2.09 bits per heavy atom. The molecule has 0 unspecified atom stereocenters. The Labute approximate surface area is 152 Å². The van der Waals surface area contributed by atoms with Crippen molar-refractivity contribution in [1.82, 2.24) is 9.62 Å². The van der Waals surface area contributed by atoms with Crippen molar-refractivity contribution in [3.05, 3.63) is 49.6 Å². The van der Waals surface area contributed by atoms with E-state index in [1.807, 2.05) is 11.4 Å². The van der Waals surface area contributed by atoms with E-state index >= 15 is 0 Å². The van der Waals surface area contributed by atoms with E-state index in [1.54, 1.807) is 7.05 Å². The van der Waals surface area contributed by atoms with Crippen molar-refractivity contribution in [1.29, 1.82) is 0 Å². The third-order valence-electron chi connectivity index (χ3n) is 3.11. The van der Waals surface area contributed by atoms with E-state index in [-0.39, 0.29) is 21.4 Å². The van der Waals surface area contributed by atoms with Crippen molar-refractivity contribution in [3.63, 3.8) is 0 Å². The summed E-state index contributed by atoms with van der Waals surface area (Å²) in [6, 6.07) is 5.99. The van der Waals surface area contributed by atoms with Crippen LogP contribution in [0.5, 0.6) is 0 Å². The number of hydrogen-bond donors (Lipinski definition) is 1. The molecule has 0 aliphatic heterocycles. The maximum absolute atomic E-state index is 12.6. The summed E-state index contributed by atoms with van der Waals surface area (Å²) in [5.41, 5.74) is 0.154. The van der Waals surface area contributed by atoms with Crippen LogP contribution in [0.4, 0.5) is 0 Å². The summed E-state index contributed by atoms with van der Waals surface area (Å²) < 4.78 is 26.9. The molecular formula is C14H14BrClN2O3S2. The Kier molecular flexibility index (Phi) is 5.85. The molecule has 1 N–H and O–H groups in total. The van der Waals surface area contributed by atoms with Crippen LogP contribution in [-0.4, -0.2) is 33.3 Å². The number of sulfonamides is 1. The quantitative estimate of drug-likeness (QED) is 0.780. The summed E-state index contributed by atoms with van der Waals surface area (Å²) in [6.07, 6.45) is 0. The minimum Gasteiger partial charge on any atom is -0.337 e. The van der Waals surface area contributed by atoms with Gasteiger partial charge in [-0.25, -0.2) is 13.1 Å². The monoisotopic (exact) mass is 436 g/mol. The molecule has 9 heteroatoms. The van der Waals surface area contributed by atoms with Gasteiger partial charge >= 0.3 is 0 Å². The van der Waals surface area contributed by atoms with Crippen molar-refractivity contribution in [2.45, 2.75) is 11.4 Å². The molecule has 2 aromatic rings. The Balaban J connectivity index is 2.29. The zero-order chi connectivity index (χ0) is 17.2. The number of nitrogens with one attached hydrogen (secondary N) is 1. The number of halogens is 2. The van der Waals surface area contributed by atoms with E-state index in [1.165, 1.54) is 41.5 Å². The molecule has 2 rings (SSSR count). The molecule has 0 spiro atoms. The lowest BCUT2D eigenvalue weighted by Gasteiger charge is -2.17. The maximum Gasteiger partial charge on any atom is 0.255 e. The van der Waals surface area contributed by atoms with Gasteiger partial charge in [-0.2, -0.15) is 0 Å². The van der Waals surface area contributed by atoms with Gasteiger partial charge in [-0.1, -0.05) is 11.6 Å². The van der Waals surface area contributed by atoms with Crippen LogP contribution in [0.1, 0.15) is 15.2 Å². The van der Waals surface area contributed by atoms with E-state index in [4.69, 9.17) is 11.6 Å². The second-order valence-corrected chi connectivity index (χ2v) is 8.95. The first kappa shape index (κ1) is 18.4. The molecule has 0 atom stereocenters. The van der Waals surface area contributed by atoms with E-state index < -0.39 is 10.0 Å². The Morgan fingerprint density at radius 3 is 2.65 bits per heavy atom. The zero-order valence-electron chi connectivity index (χ0n) is 12.3. The van der Waals surface area contributed by atoms with Gasteiger partial charge in [-0.3, -0.25) is 4.79 Å². The van der Waals surface area contributed by atoms with E-state index in [0.717, 1.165) is 9.35 Å². The lowest BCUT2D eigenvalue weighted by atomic mass is 10.2. The summed E-state index contributed by atoms with van der Waals surface area (Å²) in [5, 5.41) is 2.14. The fraction of sp³-hybridized carbons (Fsp3) is 0.214. The molecule has 1 aromatic heterocycles. The molecule has 5 nitrogen and oxygen atoms in total. The van der Waals surface area contributed by atoms with E-state index in [0.29, 0.717) is 6.54 Å². The molecule has 0 bridgehead atoms. The third-order valence-corrected chi connectivity index (χ3v) is 6.53. The van der Waals surface area contributed by atoms with Crippen molar-refractivity contribution in [3.8, 4) is 0 Å². The molecular weight excluding hydrogens is 424 g/mol. The SMILES string of the molecule is CNS(=O)(=O)c1ccc(Cl)c(C(=O)N(C)Cc2cc(Br)cs2)c1. The van der Waals surface area contributed by atoms with Gasteiger partial charge in [0.2, 0.25) is 10.0 Å². The first-order valence-corrected chi connectivity index (χ1v) is 9.99. The average molecular weight is 438 g/mol. The van der Waals surface area contributed by atoms with Crippen molar-refractivity contribution in [2.24, 2.45) is 0 Å². The maximum atomic E-state index is 12.6. The van der Waals surface area contributed by atoms with Gasteiger partial charge in [0.1, 0.15) is 0 Å². The molecule has 23 heavy (non-hydrogen) atoms. The van der Waals surface area contributed by atoms with Gasteiger partial charge in [0, 0.05) is 21.8 Å². The molecule has 124 valence electrons. The highest BCUT2D eigenvalue weighted by molar-refractivity contribution is 9.10. The number of benzene rings is 1. The molecule has 1 amide bonds. The van der Waals surface area contributed by atoms with E-state index in [2.05, 4.69) is 20.7 Å². The number of carbonyl (C=O) groups excluding carboxylic acids is 1. The topological polar surface area (TPSA) is 66.5 Å². The predicted octanol–water partition coefficient (Wildman–Crippen LogP) is 3.34. The molecule has 0 saturated heterocycles. The van der Waals surface area contributed by atoms with Gasteiger partial charge in [-0.15, -0.1) is 11.3 Å². The molecule has 0 aliphatic rings. The van der Waals surface area contributed by atoms with Gasteiger partial charge in [0.15, 0.2) is 0 Å². The lowest BCUT2D eigenvalue weighted by Crippen LogP contribution is -2.27. The fourth-order valence-electron chi connectivity index (χ4n) is 1.90. The minimum atomic E-state index is -3.64. The van der Waals surface area contributed by atoms with Gasteiger partial charge < -0.3 is 4.90 Å². The fourth-order valence-corrected chi connectivity index (χ4v) is 4.36. The molecule has 0 saturated carbocycles. The third kappa shape index (κ3) is 4.33. The number of amides is 1. The first-order valence-electron chi connectivity index (χ1n) is 6.46. The van der Waals surface area contributed by atoms with Crippen LogP contribution in [0.25, 0.3) is 0 Å². The molecule has 1 heterocycles. The Hall–Kier alpha value is -0.930. The summed E-state index contributed by atoms with van der Waals surface area (Å²) in [6.45, 7) is 0.411. The second kappa shape index (κ2) is 7.31. The number of nitrogens with zero attached hydrogens (tertiary/aromatic N) is 1. The standard InChI is InChI=1S/C14H14BrClN2O3S2/c1-17-23(20,21)11-3-4-13(16)12(6-11)14(19)18(2)7-10-5-9(15)8-22-10/h3-6,8,17H,7H2,1-2H3. The number of rotatable bonds is 5. The van der Waals surface area contributed by atoms with Gasteiger partial charge in [0.05, 0.1) is 22.0 Å². The highest BCUT2D eigenvalue weighted by Gasteiger charge is 2.20. The number of hydrogen-bond acceptors (Lipinski definition) is 4. The van der Waals surface area contributed by atoms with Crippen LogP contribution in [0.15, 0.2) is 39.0 Å². The first-order chi connectivity index (χ1) is 10.7. The predicted molar refractivity (Wildman–Crippen MR) is 95.5 cm³/mol. The van der Waals surface area contributed by atoms with Crippen LogP contribution in [0.2, 0.25) is 5.02 Å². The van der Waals surface area contributed by atoms with Gasteiger partial charge in [0.25, 0.3) is 5.91 Å². The second-order valence-electron chi connectivity index (χ2n) is 4.74. The lowest BCUT2D eigenvalue weighted by molar-refractivity contribution is 0.0786. The minimum absolute atomic E-state index is 0.0000167. The summed E-state index contributed by atoms with van der Waals surface area (Å²) >= 11 is 11.0. The summed E-state index contributed by atoms with van der Waals surface area (Å²) in [7, 11) is -0.680. The zero-order valence-corrected chi connectivity index (χ0v) is 16.3. The highest BCUT2D eigenvalue weighted by atomic mass is 79.9. The van der Waals surface area contributed by atoms with Crippen molar-refractivity contribution in [2.75, 3.05) is 14.1 Å². The Bertz CT molecular complexity index is 836. The van der Waals surface area contributed by atoms with Crippen LogP contribution >= 0.6 is 38.9 Å². The van der Waals surface area contributed by atoms with Crippen LogP contribution in [-0.2, 0) is 16.6 Å². The average Bonchev–Trinajstić information content (AvgIpc) is 2.91. The summed E-state index contributed by atoms with van der Waals surface area (Å²) in [4.78, 5) is 15.1. The number of thiophene rings is 1. The van der Waals surface area contributed by atoms with E-state index in [9.17, 15) is 13.2 Å². The van der Waals surface area contributed by atoms with Gasteiger partial charge in [-0.05, 0) is 47.2 Å². The number of carbonyl (C=O) groups is 1. The van der Waals surface area contributed by atoms with Crippen molar-refractivity contribution >= 4 is 54.8 Å². The normalized spacial score (nSPS) is 11.5.